The topological polar surface area (TPSA) is 85.2 Å². The summed E-state index contributed by atoms with van der Waals surface area (Å²) in [6.07, 6.45) is 0.620. The van der Waals surface area contributed by atoms with E-state index in [2.05, 4.69) is 0 Å². The number of ether oxygens (including phenoxy) is 3. The molecule has 0 spiro atoms. The van der Waals surface area contributed by atoms with E-state index in [1.807, 2.05) is 55.5 Å². The molecule has 174 valence electrons. The molecule has 2 aromatic carbocycles. The zero-order valence-electron chi connectivity index (χ0n) is 19.5. The van der Waals surface area contributed by atoms with E-state index in [4.69, 9.17) is 14.2 Å². The highest BCUT2D eigenvalue weighted by molar-refractivity contribution is 5.87. The number of hydrogen-bond acceptors (Lipinski definition) is 6. The van der Waals surface area contributed by atoms with E-state index in [0.29, 0.717) is 17.1 Å². The number of carbonyl (C=O) groups is 1. The number of rotatable bonds is 11. The average molecular weight is 443 g/mol. The molecular weight excluding hydrogens is 408 g/mol. The van der Waals surface area contributed by atoms with Crippen LogP contribution in [0.2, 0.25) is 0 Å². The van der Waals surface area contributed by atoms with Gasteiger partial charge >= 0.3 is 5.97 Å². The number of aliphatic hydroxyl groups excluding tert-OH is 2. The van der Waals surface area contributed by atoms with Gasteiger partial charge in [-0.1, -0.05) is 30.3 Å². The SMILES string of the molecule is CC=C(C)C(=O)OCC(C)(c1ccc(OCC(C)O)cc1)c1ccc(OCC(C)O)cc1. The van der Waals surface area contributed by atoms with Crippen LogP contribution in [0, 0.1) is 0 Å². The number of carbonyl (C=O) groups excluding carboxylic acids is 1. The maximum absolute atomic E-state index is 12.3. The second kappa shape index (κ2) is 11.7. The van der Waals surface area contributed by atoms with Crippen LogP contribution in [-0.4, -0.2) is 48.2 Å². The van der Waals surface area contributed by atoms with Crippen LogP contribution in [0.5, 0.6) is 11.5 Å². The van der Waals surface area contributed by atoms with Crippen LogP contribution >= 0.6 is 0 Å². The third-order valence-corrected chi connectivity index (χ3v) is 5.21. The van der Waals surface area contributed by atoms with Crippen LogP contribution in [-0.2, 0) is 14.9 Å². The van der Waals surface area contributed by atoms with Crippen molar-refractivity contribution < 1.29 is 29.2 Å². The van der Waals surface area contributed by atoms with Crippen molar-refractivity contribution in [2.45, 2.75) is 52.2 Å². The number of allylic oxidation sites excluding steroid dienone is 1. The predicted octanol–water partition coefficient (Wildman–Crippen LogP) is 4.02. The zero-order valence-corrected chi connectivity index (χ0v) is 19.5. The van der Waals surface area contributed by atoms with Crippen molar-refractivity contribution in [1.29, 1.82) is 0 Å². The van der Waals surface area contributed by atoms with Crippen molar-refractivity contribution in [3.63, 3.8) is 0 Å². The normalized spacial score (nSPS) is 15.4. The molecule has 0 radical (unpaired) electrons. The van der Waals surface area contributed by atoms with Gasteiger partial charge < -0.3 is 24.4 Å². The highest BCUT2D eigenvalue weighted by Gasteiger charge is 2.31. The molecule has 2 aromatic rings. The van der Waals surface area contributed by atoms with Gasteiger partial charge in [0, 0.05) is 5.57 Å². The lowest BCUT2D eigenvalue weighted by molar-refractivity contribution is -0.140. The monoisotopic (exact) mass is 442 g/mol. The number of aliphatic hydroxyl groups is 2. The Labute approximate surface area is 190 Å². The molecule has 0 amide bonds. The van der Waals surface area contributed by atoms with Crippen LogP contribution < -0.4 is 9.47 Å². The molecular formula is C26H34O6. The van der Waals surface area contributed by atoms with Gasteiger partial charge in [-0.3, -0.25) is 0 Å². The molecule has 0 saturated carbocycles. The lowest BCUT2D eigenvalue weighted by Crippen LogP contribution is -2.31. The van der Waals surface area contributed by atoms with E-state index in [0.717, 1.165) is 11.1 Å². The zero-order chi connectivity index (χ0) is 23.7. The Bertz CT molecular complexity index is 826. The van der Waals surface area contributed by atoms with E-state index in [-0.39, 0.29) is 25.8 Å². The summed E-state index contributed by atoms with van der Waals surface area (Å²) in [7, 11) is 0. The largest absolute Gasteiger partial charge is 0.491 e. The van der Waals surface area contributed by atoms with Crippen molar-refractivity contribution in [1.82, 2.24) is 0 Å². The average Bonchev–Trinajstić information content (AvgIpc) is 2.79. The summed E-state index contributed by atoms with van der Waals surface area (Å²) in [5.74, 6) is 0.953. The molecule has 6 heteroatoms. The Morgan fingerprint density at radius 3 is 1.66 bits per heavy atom. The molecule has 2 atom stereocenters. The molecule has 0 fully saturated rings. The summed E-state index contributed by atoms with van der Waals surface area (Å²) in [6, 6.07) is 15.1. The fourth-order valence-corrected chi connectivity index (χ4v) is 3.05. The Kier molecular flexibility index (Phi) is 9.29. The van der Waals surface area contributed by atoms with Gasteiger partial charge in [0.25, 0.3) is 0 Å². The molecule has 0 aliphatic carbocycles. The summed E-state index contributed by atoms with van der Waals surface area (Å²) in [5, 5.41) is 18.8. The van der Waals surface area contributed by atoms with Crippen LogP contribution in [0.4, 0.5) is 0 Å². The molecule has 0 aliphatic rings. The summed E-state index contributed by atoms with van der Waals surface area (Å²) in [4.78, 5) is 12.3. The molecule has 0 aromatic heterocycles. The Balaban J connectivity index is 2.31. The third-order valence-electron chi connectivity index (χ3n) is 5.21. The van der Waals surface area contributed by atoms with Crippen LogP contribution in [0.1, 0.15) is 45.7 Å². The summed E-state index contributed by atoms with van der Waals surface area (Å²) in [6.45, 7) is 9.45. The van der Waals surface area contributed by atoms with Gasteiger partial charge in [0.05, 0.1) is 17.6 Å². The molecule has 2 rings (SSSR count). The smallest absolute Gasteiger partial charge is 0.333 e. The van der Waals surface area contributed by atoms with Crippen molar-refractivity contribution in [3.05, 3.63) is 71.3 Å². The lowest BCUT2D eigenvalue weighted by atomic mass is 9.77. The van der Waals surface area contributed by atoms with Crippen LogP contribution in [0.3, 0.4) is 0 Å². The van der Waals surface area contributed by atoms with Gasteiger partial charge in [0.2, 0.25) is 0 Å². The number of benzene rings is 2. The van der Waals surface area contributed by atoms with Crippen molar-refractivity contribution >= 4 is 5.97 Å². The molecule has 0 aliphatic heterocycles. The van der Waals surface area contributed by atoms with Crippen molar-refractivity contribution in [3.8, 4) is 11.5 Å². The first-order valence-electron chi connectivity index (χ1n) is 10.8. The molecule has 0 bridgehead atoms. The minimum Gasteiger partial charge on any atom is -0.491 e. The van der Waals surface area contributed by atoms with Gasteiger partial charge in [-0.2, -0.15) is 0 Å². The quantitative estimate of drug-likeness (QED) is 0.404. The first kappa shape index (κ1) is 25.4. The van der Waals surface area contributed by atoms with Crippen LogP contribution in [0.15, 0.2) is 60.2 Å². The lowest BCUT2D eigenvalue weighted by Gasteiger charge is -2.31. The number of esters is 1. The van der Waals surface area contributed by atoms with Gasteiger partial charge in [-0.15, -0.1) is 0 Å². The Hall–Kier alpha value is -2.83. The van der Waals surface area contributed by atoms with Gasteiger partial charge in [0.15, 0.2) is 0 Å². The van der Waals surface area contributed by atoms with E-state index in [9.17, 15) is 15.0 Å². The fraction of sp³-hybridized carbons (Fsp3) is 0.423. The maximum Gasteiger partial charge on any atom is 0.333 e. The molecule has 0 saturated heterocycles. The van der Waals surface area contributed by atoms with Gasteiger partial charge in [-0.05, 0) is 70.0 Å². The van der Waals surface area contributed by atoms with Crippen molar-refractivity contribution in [2.75, 3.05) is 19.8 Å². The Morgan fingerprint density at radius 2 is 1.31 bits per heavy atom. The molecule has 32 heavy (non-hydrogen) atoms. The minimum absolute atomic E-state index is 0.152. The highest BCUT2D eigenvalue weighted by Crippen LogP contribution is 2.34. The van der Waals surface area contributed by atoms with Crippen molar-refractivity contribution in [2.24, 2.45) is 0 Å². The van der Waals surface area contributed by atoms with Crippen LogP contribution in [0.25, 0.3) is 0 Å². The highest BCUT2D eigenvalue weighted by atomic mass is 16.5. The maximum atomic E-state index is 12.3. The minimum atomic E-state index is -0.616. The predicted molar refractivity (Wildman–Crippen MR) is 124 cm³/mol. The standard InChI is InChI=1S/C26H34O6/c1-6-18(2)25(29)32-17-26(5,21-7-11-23(12-8-21)30-15-19(3)27)22-9-13-24(14-10-22)31-16-20(4)28/h6-14,19-20,27-28H,15-17H2,1-5H3. The van der Waals surface area contributed by atoms with E-state index < -0.39 is 17.6 Å². The molecule has 2 unspecified atom stereocenters. The fourth-order valence-electron chi connectivity index (χ4n) is 3.05. The summed E-state index contributed by atoms with van der Waals surface area (Å²) < 4.78 is 16.8. The first-order valence-corrected chi connectivity index (χ1v) is 10.8. The molecule has 0 heterocycles. The Morgan fingerprint density at radius 1 is 0.906 bits per heavy atom. The molecule has 6 nitrogen and oxygen atoms in total. The first-order chi connectivity index (χ1) is 15.2. The summed E-state index contributed by atoms with van der Waals surface area (Å²) >= 11 is 0. The van der Waals surface area contributed by atoms with E-state index >= 15 is 0 Å². The van der Waals surface area contributed by atoms with Gasteiger partial charge in [-0.25, -0.2) is 4.79 Å². The summed E-state index contributed by atoms with van der Waals surface area (Å²) in [5.41, 5.74) is 1.84. The second-order valence-corrected chi connectivity index (χ2v) is 8.25. The molecule has 2 N–H and O–H groups in total. The van der Waals surface area contributed by atoms with E-state index in [1.165, 1.54) is 0 Å². The number of hydrogen-bond donors (Lipinski definition) is 2. The second-order valence-electron chi connectivity index (χ2n) is 8.25. The van der Waals surface area contributed by atoms with Gasteiger partial charge in [0.1, 0.15) is 31.3 Å². The van der Waals surface area contributed by atoms with E-state index in [1.54, 1.807) is 33.8 Å². The third kappa shape index (κ3) is 7.11.